The number of hydrogen-bond donors (Lipinski definition) is 2. The van der Waals surface area contributed by atoms with Crippen LogP contribution in [0.2, 0.25) is 0 Å². The molecule has 1 amide bonds. The van der Waals surface area contributed by atoms with E-state index in [2.05, 4.69) is 5.32 Å². The van der Waals surface area contributed by atoms with E-state index in [1.807, 2.05) is 48.5 Å². The van der Waals surface area contributed by atoms with Gasteiger partial charge < -0.3 is 15.2 Å². The summed E-state index contributed by atoms with van der Waals surface area (Å²) in [5.74, 6) is -1.58. The van der Waals surface area contributed by atoms with E-state index in [1.54, 1.807) is 0 Å². The van der Waals surface area contributed by atoms with E-state index in [1.165, 1.54) is 12.1 Å². The zero-order chi connectivity index (χ0) is 23.6. The molecule has 1 atom stereocenters. The average Bonchev–Trinajstić information content (AvgIpc) is 3.10. The number of amides is 1. The number of rotatable bonds is 6. The number of nitrogens with one attached hydrogen (secondary N) is 1. The number of carboxylic acids is 1. The number of fused-ring (bicyclic) bond motifs is 3. The van der Waals surface area contributed by atoms with E-state index in [9.17, 15) is 27.9 Å². The van der Waals surface area contributed by atoms with Crippen LogP contribution in [-0.4, -0.2) is 23.8 Å². The Balaban J connectivity index is 1.53. The molecule has 0 unspecified atom stereocenters. The van der Waals surface area contributed by atoms with E-state index in [4.69, 9.17) is 4.74 Å². The highest BCUT2D eigenvalue weighted by Gasteiger charge is 2.36. The topological polar surface area (TPSA) is 75.6 Å². The van der Waals surface area contributed by atoms with Gasteiger partial charge >= 0.3 is 18.2 Å². The number of benzene rings is 3. The van der Waals surface area contributed by atoms with Gasteiger partial charge in [-0.25, -0.2) is 4.79 Å². The Morgan fingerprint density at radius 3 is 2.03 bits per heavy atom. The van der Waals surface area contributed by atoms with Gasteiger partial charge in [0.15, 0.2) is 0 Å². The Hall–Kier alpha value is -3.81. The molecule has 5 nitrogen and oxygen atoms in total. The fourth-order valence-electron chi connectivity index (χ4n) is 4.25. The summed E-state index contributed by atoms with van der Waals surface area (Å²) < 4.78 is 45.7. The largest absolute Gasteiger partial charge is 0.481 e. The summed E-state index contributed by atoms with van der Waals surface area (Å²) >= 11 is 0. The van der Waals surface area contributed by atoms with Gasteiger partial charge in [0.1, 0.15) is 6.61 Å². The lowest BCUT2D eigenvalue weighted by Gasteiger charge is -2.22. The quantitative estimate of drug-likeness (QED) is 0.496. The van der Waals surface area contributed by atoms with E-state index < -0.39 is 36.3 Å². The Bertz CT molecular complexity index is 1150. The van der Waals surface area contributed by atoms with Crippen molar-refractivity contribution in [3.63, 3.8) is 0 Å². The third-order valence-electron chi connectivity index (χ3n) is 5.66. The normalized spacial score (nSPS) is 13.7. The van der Waals surface area contributed by atoms with E-state index in [0.29, 0.717) is 0 Å². The number of alkyl halides is 3. The second-order valence-electron chi connectivity index (χ2n) is 7.71. The molecule has 1 aliphatic rings. The van der Waals surface area contributed by atoms with Crippen LogP contribution < -0.4 is 5.32 Å². The minimum absolute atomic E-state index is 0.0411. The summed E-state index contributed by atoms with van der Waals surface area (Å²) in [5, 5.41) is 11.5. The molecule has 0 saturated heterocycles. The summed E-state index contributed by atoms with van der Waals surface area (Å²) in [4.78, 5) is 23.8. The van der Waals surface area contributed by atoms with Crippen molar-refractivity contribution in [1.29, 1.82) is 0 Å². The van der Waals surface area contributed by atoms with Crippen molar-refractivity contribution in [3.8, 4) is 11.1 Å². The van der Waals surface area contributed by atoms with Crippen molar-refractivity contribution in [2.45, 2.75) is 24.6 Å². The molecular formula is C25H20F3NO4. The summed E-state index contributed by atoms with van der Waals surface area (Å²) in [5.41, 5.74) is 2.69. The summed E-state index contributed by atoms with van der Waals surface area (Å²) in [7, 11) is 0. The predicted octanol–water partition coefficient (Wildman–Crippen LogP) is 5.76. The molecule has 0 saturated carbocycles. The van der Waals surface area contributed by atoms with Gasteiger partial charge in [-0.2, -0.15) is 13.2 Å². The number of carbonyl (C=O) groups is 2. The van der Waals surface area contributed by atoms with Gasteiger partial charge in [-0.1, -0.05) is 66.7 Å². The van der Waals surface area contributed by atoms with Gasteiger partial charge in [-0.3, -0.25) is 4.79 Å². The lowest BCUT2D eigenvalue weighted by Crippen LogP contribution is -2.33. The van der Waals surface area contributed by atoms with Gasteiger partial charge in [0, 0.05) is 5.92 Å². The molecule has 33 heavy (non-hydrogen) atoms. The van der Waals surface area contributed by atoms with Crippen LogP contribution in [0.5, 0.6) is 0 Å². The van der Waals surface area contributed by atoms with Gasteiger partial charge in [0.2, 0.25) is 0 Å². The standard InChI is InChI=1S/C25H20F3NO4/c26-25(27,28)21-12-6-5-11-19(21)22(13-23(30)31)29-24(32)33-14-20-17-9-3-1-7-15(17)16-8-2-4-10-18(16)20/h1-12,20,22H,13-14H2,(H,29,32)(H,30,31)/t22-/m0/s1. The summed E-state index contributed by atoms with van der Waals surface area (Å²) in [6, 6.07) is 18.6. The van der Waals surface area contributed by atoms with Crippen molar-refractivity contribution in [2.24, 2.45) is 0 Å². The highest BCUT2D eigenvalue weighted by molar-refractivity contribution is 5.79. The number of carbonyl (C=O) groups excluding carboxylic acids is 1. The molecule has 1 aliphatic carbocycles. The van der Waals surface area contributed by atoms with Gasteiger partial charge in [0.05, 0.1) is 18.0 Å². The molecule has 170 valence electrons. The molecule has 4 rings (SSSR count). The molecular weight excluding hydrogens is 435 g/mol. The SMILES string of the molecule is O=C(O)C[C@H](NC(=O)OCC1c2ccccc2-c2ccccc21)c1ccccc1C(F)(F)F. The van der Waals surface area contributed by atoms with Crippen molar-refractivity contribution in [3.05, 3.63) is 95.1 Å². The maximum absolute atomic E-state index is 13.4. The zero-order valence-corrected chi connectivity index (χ0v) is 17.3. The molecule has 0 fully saturated rings. The molecule has 2 N–H and O–H groups in total. The first-order valence-electron chi connectivity index (χ1n) is 10.2. The van der Waals surface area contributed by atoms with Crippen LogP contribution in [0, 0.1) is 0 Å². The lowest BCUT2D eigenvalue weighted by molar-refractivity contribution is -0.140. The van der Waals surface area contributed by atoms with Crippen molar-refractivity contribution < 1.29 is 32.6 Å². The smallest absolute Gasteiger partial charge is 0.416 e. The third-order valence-corrected chi connectivity index (χ3v) is 5.66. The monoisotopic (exact) mass is 455 g/mol. The molecule has 3 aromatic carbocycles. The Morgan fingerprint density at radius 1 is 0.909 bits per heavy atom. The Morgan fingerprint density at radius 2 is 1.45 bits per heavy atom. The Kier molecular flexibility index (Phi) is 6.09. The molecule has 0 aliphatic heterocycles. The molecule has 3 aromatic rings. The maximum Gasteiger partial charge on any atom is 0.416 e. The number of hydrogen-bond acceptors (Lipinski definition) is 3. The predicted molar refractivity (Wildman–Crippen MR) is 115 cm³/mol. The van der Waals surface area contributed by atoms with Crippen LogP contribution in [0.25, 0.3) is 11.1 Å². The number of ether oxygens (including phenoxy) is 1. The fourth-order valence-corrected chi connectivity index (χ4v) is 4.25. The summed E-state index contributed by atoms with van der Waals surface area (Å²) in [6.45, 7) is -0.0411. The highest BCUT2D eigenvalue weighted by atomic mass is 19.4. The van der Waals surface area contributed by atoms with Crippen LogP contribution in [0.1, 0.15) is 40.6 Å². The van der Waals surface area contributed by atoms with Crippen LogP contribution in [-0.2, 0) is 15.7 Å². The van der Waals surface area contributed by atoms with Crippen LogP contribution in [0.3, 0.4) is 0 Å². The van der Waals surface area contributed by atoms with Gasteiger partial charge in [-0.15, -0.1) is 0 Å². The lowest BCUT2D eigenvalue weighted by atomic mass is 9.97. The van der Waals surface area contributed by atoms with E-state index in [-0.39, 0.29) is 18.1 Å². The number of halogens is 3. The highest BCUT2D eigenvalue weighted by Crippen LogP contribution is 2.44. The second-order valence-corrected chi connectivity index (χ2v) is 7.71. The second kappa shape index (κ2) is 8.97. The molecule has 0 heterocycles. The van der Waals surface area contributed by atoms with Crippen molar-refractivity contribution in [2.75, 3.05) is 6.61 Å². The van der Waals surface area contributed by atoms with E-state index >= 15 is 0 Å². The summed E-state index contributed by atoms with van der Waals surface area (Å²) in [6.07, 6.45) is -6.41. The van der Waals surface area contributed by atoms with Crippen LogP contribution in [0.15, 0.2) is 72.8 Å². The zero-order valence-electron chi connectivity index (χ0n) is 17.3. The van der Waals surface area contributed by atoms with E-state index in [0.717, 1.165) is 34.4 Å². The van der Waals surface area contributed by atoms with Gasteiger partial charge in [-0.05, 0) is 33.9 Å². The first-order chi connectivity index (χ1) is 15.8. The first kappa shape index (κ1) is 22.4. The number of aliphatic carboxylic acids is 1. The minimum atomic E-state index is -4.70. The fraction of sp³-hybridized carbons (Fsp3) is 0.200. The number of carboxylic acid groups (broad SMARTS) is 1. The molecule has 0 bridgehead atoms. The van der Waals surface area contributed by atoms with Crippen LogP contribution >= 0.6 is 0 Å². The van der Waals surface area contributed by atoms with Crippen molar-refractivity contribution in [1.82, 2.24) is 5.32 Å². The molecule has 0 aromatic heterocycles. The number of alkyl carbamates (subject to hydrolysis) is 1. The van der Waals surface area contributed by atoms with Crippen LogP contribution in [0.4, 0.5) is 18.0 Å². The average molecular weight is 455 g/mol. The third kappa shape index (κ3) is 4.69. The molecule has 8 heteroatoms. The first-order valence-corrected chi connectivity index (χ1v) is 10.2. The molecule has 0 spiro atoms. The maximum atomic E-state index is 13.4. The molecule has 0 radical (unpaired) electrons. The minimum Gasteiger partial charge on any atom is -0.481 e. The van der Waals surface area contributed by atoms with Gasteiger partial charge in [0.25, 0.3) is 0 Å². The Labute approximate surface area is 187 Å². The van der Waals surface area contributed by atoms with Crippen molar-refractivity contribution >= 4 is 12.1 Å².